The summed E-state index contributed by atoms with van der Waals surface area (Å²) < 4.78 is 1.88. The van der Waals surface area contributed by atoms with Crippen LogP contribution in [0.1, 0.15) is 28.5 Å². The number of pyridine rings is 1. The molecule has 3 heterocycles. The monoisotopic (exact) mass is 315 g/mol. The third-order valence-electron chi connectivity index (χ3n) is 3.12. The number of aliphatic hydroxyl groups excluding tert-OH is 1. The standard InChI is InChI=1S/C15H17N5OS/c1-11(21)15-18-8-14(22-15)7-17-13-6-19-20(10-13)9-12-2-4-16-5-3-12/h2-6,8,10-11,17,21H,7,9H2,1H3. The lowest BCUT2D eigenvalue weighted by Gasteiger charge is -2.01. The number of nitrogens with one attached hydrogen (secondary N) is 1. The Balaban J connectivity index is 1.57. The van der Waals surface area contributed by atoms with Crippen molar-refractivity contribution in [2.24, 2.45) is 0 Å². The molecule has 0 radical (unpaired) electrons. The average Bonchev–Trinajstić information content (AvgIpc) is 3.15. The maximum atomic E-state index is 9.48. The summed E-state index contributed by atoms with van der Waals surface area (Å²) in [6.45, 7) is 3.11. The zero-order valence-corrected chi connectivity index (χ0v) is 13.0. The van der Waals surface area contributed by atoms with Crippen LogP contribution < -0.4 is 5.32 Å². The van der Waals surface area contributed by atoms with E-state index in [2.05, 4.69) is 20.4 Å². The van der Waals surface area contributed by atoms with E-state index in [0.717, 1.165) is 27.7 Å². The molecule has 0 aliphatic rings. The fourth-order valence-electron chi connectivity index (χ4n) is 2.00. The molecule has 0 saturated heterocycles. The van der Waals surface area contributed by atoms with Crippen LogP contribution in [0, 0.1) is 0 Å². The van der Waals surface area contributed by atoms with Crippen LogP contribution in [-0.4, -0.2) is 24.9 Å². The fourth-order valence-corrected chi connectivity index (χ4v) is 2.80. The van der Waals surface area contributed by atoms with Gasteiger partial charge in [-0.15, -0.1) is 11.3 Å². The molecule has 0 spiro atoms. The smallest absolute Gasteiger partial charge is 0.121 e. The third kappa shape index (κ3) is 3.69. The first kappa shape index (κ1) is 14.7. The zero-order chi connectivity index (χ0) is 15.4. The predicted molar refractivity (Wildman–Crippen MR) is 85.6 cm³/mol. The summed E-state index contributed by atoms with van der Waals surface area (Å²) in [5, 5.41) is 17.9. The van der Waals surface area contributed by atoms with Crippen molar-refractivity contribution in [3.8, 4) is 0 Å². The molecule has 7 heteroatoms. The van der Waals surface area contributed by atoms with Crippen molar-refractivity contribution < 1.29 is 5.11 Å². The second kappa shape index (κ2) is 6.67. The molecule has 1 atom stereocenters. The number of nitrogens with zero attached hydrogens (tertiary/aromatic N) is 4. The Morgan fingerprint density at radius 3 is 2.86 bits per heavy atom. The lowest BCUT2D eigenvalue weighted by molar-refractivity contribution is 0.199. The molecule has 0 aromatic carbocycles. The van der Waals surface area contributed by atoms with Crippen molar-refractivity contribution in [1.82, 2.24) is 19.7 Å². The van der Waals surface area contributed by atoms with Gasteiger partial charge in [-0.2, -0.15) is 5.10 Å². The lowest BCUT2D eigenvalue weighted by atomic mass is 10.3. The van der Waals surface area contributed by atoms with Crippen LogP contribution in [0.3, 0.4) is 0 Å². The van der Waals surface area contributed by atoms with Gasteiger partial charge in [0.15, 0.2) is 0 Å². The van der Waals surface area contributed by atoms with Crippen LogP contribution >= 0.6 is 11.3 Å². The van der Waals surface area contributed by atoms with E-state index in [-0.39, 0.29) is 0 Å². The SMILES string of the molecule is CC(O)c1ncc(CNc2cnn(Cc3ccncc3)c2)s1. The Labute approximate surface area is 132 Å². The summed E-state index contributed by atoms with van der Waals surface area (Å²) in [7, 11) is 0. The number of hydrogen-bond acceptors (Lipinski definition) is 6. The van der Waals surface area contributed by atoms with Crippen LogP contribution in [-0.2, 0) is 13.1 Å². The van der Waals surface area contributed by atoms with E-state index >= 15 is 0 Å². The van der Waals surface area contributed by atoms with Crippen LogP contribution in [0.15, 0.2) is 43.1 Å². The molecule has 3 rings (SSSR count). The van der Waals surface area contributed by atoms with Gasteiger partial charge < -0.3 is 10.4 Å². The van der Waals surface area contributed by atoms with Gasteiger partial charge in [-0.25, -0.2) is 4.98 Å². The first-order chi connectivity index (χ1) is 10.7. The molecular weight excluding hydrogens is 298 g/mol. The Morgan fingerprint density at radius 2 is 2.14 bits per heavy atom. The number of thiazole rings is 1. The fraction of sp³-hybridized carbons (Fsp3) is 0.267. The molecular formula is C15H17N5OS. The maximum Gasteiger partial charge on any atom is 0.121 e. The third-order valence-corrected chi connectivity index (χ3v) is 4.29. The van der Waals surface area contributed by atoms with Crippen molar-refractivity contribution in [1.29, 1.82) is 0 Å². The van der Waals surface area contributed by atoms with Crippen LogP contribution in [0.4, 0.5) is 5.69 Å². The molecule has 0 amide bonds. The quantitative estimate of drug-likeness (QED) is 0.731. The first-order valence-corrected chi connectivity index (χ1v) is 7.80. The van der Waals surface area contributed by atoms with Crippen molar-refractivity contribution in [2.45, 2.75) is 26.1 Å². The van der Waals surface area contributed by atoms with E-state index in [1.165, 1.54) is 11.3 Å². The van der Waals surface area contributed by atoms with Crippen molar-refractivity contribution in [3.63, 3.8) is 0 Å². The lowest BCUT2D eigenvalue weighted by Crippen LogP contribution is -2.00. The Morgan fingerprint density at radius 1 is 1.32 bits per heavy atom. The van der Waals surface area contributed by atoms with Gasteiger partial charge in [-0.05, 0) is 24.6 Å². The molecule has 2 N–H and O–H groups in total. The molecule has 6 nitrogen and oxygen atoms in total. The van der Waals surface area contributed by atoms with E-state index < -0.39 is 6.10 Å². The first-order valence-electron chi connectivity index (χ1n) is 6.98. The number of rotatable bonds is 6. The maximum absolute atomic E-state index is 9.48. The molecule has 0 aliphatic carbocycles. The predicted octanol–water partition coefficient (Wildman–Crippen LogP) is 2.45. The summed E-state index contributed by atoms with van der Waals surface area (Å²) in [5.41, 5.74) is 2.12. The van der Waals surface area contributed by atoms with Gasteiger partial charge in [-0.1, -0.05) is 0 Å². The zero-order valence-electron chi connectivity index (χ0n) is 12.2. The summed E-state index contributed by atoms with van der Waals surface area (Å²) in [6, 6.07) is 3.95. The Hall–Kier alpha value is -2.25. The summed E-state index contributed by atoms with van der Waals surface area (Å²) in [6.07, 6.45) is 8.61. The van der Waals surface area contributed by atoms with Gasteiger partial charge in [0.1, 0.15) is 11.1 Å². The van der Waals surface area contributed by atoms with E-state index in [9.17, 15) is 5.11 Å². The van der Waals surface area contributed by atoms with Crippen LogP contribution in [0.5, 0.6) is 0 Å². The number of aromatic nitrogens is 4. The topological polar surface area (TPSA) is 75.9 Å². The van der Waals surface area contributed by atoms with Gasteiger partial charge in [0, 0.05) is 29.7 Å². The van der Waals surface area contributed by atoms with E-state index in [1.807, 2.05) is 23.0 Å². The summed E-state index contributed by atoms with van der Waals surface area (Å²) >= 11 is 1.51. The number of anilines is 1. The normalized spacial score (nSPS) is 12.3. The van der Waals surface area contributed by atoms with E-state index in [0.29, 0.717) is 6.54 Å². The Bertz CT molecular complexity index is 722. The number of aliphatic hydroxyl groups is 1. The molecule has 1 unspecified atom stereocenters. The van der Waals surface area contributed by atoms with Gasteiger partial charge in [0.05, 0.1) is 25.0 Å². The van der Waals surface area contributed by atoms with Gasteiger partial charge in [0.2, 0.25) is 0 Å². The minimum absolute atomic E-state index is 0.512. The molecule has 0 aliphatic heterocycles. The Kier molecular flexibility index (Phi) is 4.45. The van der Waals surface area contributed by atoms with Gasteiger partial charge in [-0.3, -0.25) is 9.67 Å². The average molecular weight is 315 g/mol. The molecule has 114 valence electrons. The van der Waals surface area contributed by atoms with Crippen molar-refractivity contribution in [3.05, 3.63) is 58.6 Å². The van der Waals surface area contributed by atoms with Crippen molar-refractivity contribution in [2.75, 3.05) is 5.32 Å². The minimum atomic E-state index is -0.512. The van der Waals surface area contributed by atoms with Crippen LogP contribution in [0.25, 0.3) is 0 Å². The van der Waals surface area contributed by atoms with Crippen LogP contribution in [0.2, 0.25) is 0 Å². The second-order valence-corrected chi connectivity index (χ2v) is 6.12. The number of hydrogen-bond donors (Lipinski definition) is 2. The van der Waals surface area contributed by atoms with Gasteiger partial charge >= 0.3 is 0 Å². The van der Waals surface area contributed by atoms with Gasteiger partial charge in [0.25, 0.3) is 0 Å². The summed E-state index contributed by atoms with van der Waals surface area (Å²) in [5.74, 6) is 0. The highest BCUT2D eigenvalue weighted by atomic mass is 32.1. The summed E-state index contributed by atoms with van der Waals surface area (Å²) in [4.78, 5) is 9.28. The molecule has 3 aromatic rings. The highest BCUT2D eigenvalue weighted by Crippen LogP contribution is 2.20. The second-order valence-electron chi connectivity index (χ2n) is 4.98. The van der Waals surface area contributed by atoms with Crippen molar-refractivity contribution >= 4 is 17.0 Å². The van der Waals surface area contributed by atoms with E-state index in [4.69, 9.17) is 0 Å². The van der Waals surface area contributed by atoms with E-state index in [1.54, 1.807) is 31.7 Å². The molecule has 0 saturated carbocycles. The largest absolute Gasteiger partial charge is 0.386 e. The molecule has 0 fully saturated rings. The highest BCUT2D eigenvalue weighted by molar-refractivity contribution is 7.11. The highest BCUT2D eigenvalue weighted by Gasteiger charge is 2.07. The molecule has 3 aromatic heterocycles. The molecule has 22 heavy (non-hydrogen) atoms. The minimum Gasteiger partial charge on any atom is -0.386 e. The molecule has 0 bridgehead atoms.